The van der Waals surface area contributed by atoms with Crippen molar-refractivity contribution in [1.29, 1.82) is 0 Å². The van der Waals surface area contributed by atoms with Gasteiger partial charge in [-0.2, -0.15) is 0 Å². The lowest BCUT2D eigenvalue weighted by atomic mass is 10.2. The van der Waals surface area contributed by atoms with Crippen LogP contribution in [0, 0.1) is 5.41 Å². The number of hydrogen-bond donors (Lipinski definition) is 2. The van der Waals surface area contributed by atoms with Crippen LogP contribution < -0.4 is 4.72 Å². The number of nitrogens with one attached hydrogen (secondary N) is 1. The van der Waals surface area contributed by atoms with E-state index >= 15 is 0 Å². The number of carboxylic acids is 1. The molecule has 2 N–H and O–H groups in total. The minimum atomic E-state index is -3.88. The third kappa shape index (κ3) is 2.79. The summed E-state index contributed by atoms with van der Waals surface area (Å²) in [6, 6.07) is 2.24. The van der Waals surface area contributed by atoms with E-state index in [0.29, 0.717) is 0 Å². The maximum Gasteiger partial charge on any atom is 0.338 e. The molecule has 1 aromatic carbocycles. The van der Waals surface area contributed by atoms with Crippen molar-refractivity contribution in [1.82, 2.24) is 4.72 Å². The highest BCUT2D eigenvalue weighted by atomic mass is 35.5. The van der Waals surface area contributed by atoms with Crippen molar-refractivity contribution >= 4 is 39.2 Å². The third-order valence-electron chi connectivity index (χ3n) is 3.37. The lowest BCUT2D eigenvalue weighted by molar-refractivity contribution is 0.0697. The van der Waals surface area contributed by atoms with Crippen LogP contribution in [-0.4, -0.2) is 25.5 Å². The molecular weight excluding hydrogens is 325 g/mol. The fourth-order valence-electron chi connectivity index (χ4n) is 1.86. The fourth-order valence-corrected chi connectivity index (χ4v) is 4.18. The first-order valence-corrected chi connectivity index (χ1v) is 8.04. The van der Waals surface area contributed by atoms with Gasteiger partial charge < -0.3 is 5.11 Å². The van der Waals surface area contributed by atoms with Crippen LogP contribution in [0.3, 0.4) is 0 Å². The monoisotopic (exact) mass is 337 g/mol. The van der Waals surface area contributed by atoms with Crippen molar-refractivity contribution in [2.75, 3.05) is 0 Å². The second-order valence-corrected chi connectivity index (χ2v) is 7.87. The summed E-state index contributed by atoms with van der Waals surface area (Å²) >= 11 is 11.6. The van der Waals surface area contributed by atoms with E-state index in [-0.39, 0.29) is 26.4 Å². The summed E-state index contributed by atoms with van der Waals surface area (Å²) in [7, 11) is -3.88. The van der Waals surface area contributed by atoms with Crippen molar-refractivity contribution in [2.24, 2.45) is 5.41 Å². The third-order valence-corrected chi connectivity index (χ3v) is 5.70. The zero-order valence-electron chi connectivity index (χ0n) is 10.8. The lowest BCUT2D eigenvalue weighted by Crippen LogP contribution is -2.29. The highest BCUT2D eigenvalue weighted by Crippen LogP contribution is 2.45. The zero-order chi connectivity index (χ0) is 15.3. The van der Waals surface area contributed by atoms with Crippen molar-refractivity contribution in [3.05, 3.63) is 27.7 Å². The van der Waals surface area contributed by atoms with Crippen LogP contribution in [0.25, 0.3) is 0 Å². The number of halogens is 2. The quantitative estimate of drug-likeness (QED) is 0.884. The summed E-state index contributed by atoms with van der Waals surface area (Å²) in [5.41, 5.74) is -0.507. The summed E-state index contributed by atoms with van der Waals surface area (Å²) < 4.78 is 27.0. The molecule has 0 aromatic heterocycles. The maximum absolute atomic E-state index is 12.2. The van der Waals surface area contributed by atoms with Gasteiger partial charge in [-0.1, -0.05) is 37.0 Å². The molecule has 1 aliphatic carbocycles. The number of rotatable bonds is 4. The average Bonchev–Trinajstić information content (AvgIpc) is 2.83. The molecule has 0 spiro atoms. The predicted molar refractivity (Wildman–Crippen MR) is 75.9 cm³/mol. The molecule has 1 atom stereocenters. The van der Waals surface area contributed by atoms with Crippen molar-refractivity contribution < 1.29 is 18.3 Å². The zero-order valence-corrected chi connectivity index (χ0v) is 13.1. The highest BCUT2D eigenvalue weighted by molar-refractivity contribution is 7.89. The van der Waals surface area contributed by atoms with Gasteiger partial charge >= 0.3 is 5.97 Å². The van der Waals surface area contributed by atoms with E-state index < -0.39 is 21.6 Å². The minimum absolute atomic E-state index is 0.0956. The van der Waals surface area contributed by atoms with E-state index in [0.717, 1.165) is 6.42 Å². The lowest BCUT2D eigenvalue weighted by Gasteiger charge is -2.11. The smallest absolute Gasteiger partial charge is 0.338 e. The SMILES string of the molecule is CC1(C)CC1NS(=O)(=O)c1ccc(Cl)c(C(=O)O)c1Cl. The Morgan fingerprint density at radius 2 is 1.95 bits per heavy atom. The van der Waals surface area contributed by atoms with Gasteiger partial charge in [0, 0.05) is 6.04 Å². The number of aromatic carboxylic acids is 1. The first-order chi connectivity index (χ1) is 9.06. The summed E-state index contributed by atoms with van der Waals surface area (Å²) in [5.74, 6) is -1.37. The molecule has 1 saturated carbocycles. The molecule has 0 heterocycles. The highest BCUT2D eigenvalue weighted by Gasteiger charge is 2.48. The second-order valence-electron chi connectivity index (χ2n) is 5.41. The molecule has 1 aliphatic rings. The molecular formula is C12H13Cl2NO4S. The number of carbonyl (C=O) groups is 1. The Morgan fingerprint density at radius 1 is 1.40 bits per heavy atom. The van der Waals surface area contributed by atoms with Crippen LogP contribution in [0.2, 0.25) is 10.0 Å². The number of benzene rings is 1. The van der Waals surface area contributed by atoms with E-state index in [1.165, 1.54) is 12.1 Å². The average molecular weight is 338 g/mol. The Bertz CT molecular complexity index is 685. The standard InChI is InChI=1S/C12H13Cl2NO4S/c1-12(2)5-8(12)15-20(18,19)7-4-3-6(13)9(10(7)14)11(16)17/h3-4,8,15H,5H2,1-2H3,(H,16,17). The van der Waals surface area contributed by atoms with Crippen LogP contribution in [0.15, 0.2) is 17.0 Å². The summed E-state index contributed by atoms with van der Waals surface area (Å²) in [6.07, 6.45) is 0.725. The Hall–Kier alpha value is -0.820. The van der Waals surface area contributed by atoms with E-state index in [9.17, 15) is 13.2 Å². The van der Waals surface area contributed by atoms with Gasteiger partial charge in [0.25, 0.3) is 0 Å². The molecule has 0 radical (unpaired) electrons. The van der Waals surface area contributed by atoms with Gasteiger partial charge in [0.2, 0.25) is 10.0 Å². The molecule has 0 bridgehead atoms. The second kappa shape index (κ2) is 4.87. The first-order valence-electron chi connectivity index (χ1n) is 5.80. The molecule has 110 valence electrons. The Balaban J connectivity index is 2.43. The fraction of sp³-hybridized carbons (Fsp3) is 0.417. The number of carboxylic acid groups (broad SMARTS) is 1. The van der Waals surface area contributed by atoms with Gasteiger partial charge in [-0.25, -0.2) is 17.9 Å². The predicted octanol–water partition coefficient (Wildman–Crippen LogP) is 2.77. The van der Waals surface area contributed by atoms with E-state index in [2.05, 4.69) is 4.72 Å². The van der Waals surface area contributed by atoms with Crippen LogP contribution >= 0.6 is 23.2 Å². The molecule has 0 amide bonds. The van der Waals surface area contributed by atoms with Gasteiger partial charge in [-0.3, -0.25) is 0 Å². The summed E-state index contributed by atoms with van der Waals surface area (Å²) in [6.45, 7) is 3.87. The largest absolute Gasteiger partial charge is 0.478 e. The topological polar surface area (TPSA) is 83.5 Å². The molecule has 1 unspecified atom stereocenters. The van der Waals surface area contributed by atoms with Crippen molar-refractivity contribution in [3.8, 4) is 0 Å². The van der Waals surface area contributed by atoms with E-state index in [1.807, 2.05) is 13.8 Å². The molecule has 2 rings (SSSR count). The number of sulfonamides is 1. The minimum Gasteiger partial charge on any atom is -0.478 e. The van der Waals surface area contributed by atoms with Gasteiger partial charge in [-0.15, -0.1) is 0 Å². The van der Waals surface area contributed by atoms with Crippen LogP contribution in [0.5, 0.6) is 0 Å². The Morgan fingerprint density at radius 3 is 2.40 bits per heavy atom. The van der Waals surface area contributed by atoms with E-state index in [1.54, 1.807) is 0 Å². The van der Waals surface area contributed by atoms with Crippen molar-refractivity contribution in [2.45, 2.75) is 31.2 Å². The van der Waals surface area contributed by atoms with E-state index in [4.69, 9.17) is 28.3 Å². The maximum atomic E-state index is 12.2. The Labute approximate surface area is 126 Å². The van der Waals surface area contributed by atoms with Gasteiger partial charge in [0.1, 0.15) is 4.90 Å². The van der Waals surface area contributed by atoms with Gasteiger partial charge in [-0.05, 0) is 24.0 Å². The molecule has 0 saturated heterocycles. The molecule has 20 heavy (non-hydrogen) atoms. The van der Waals surface area contributed by atoms with Crippen LogP contribution in [0.4, 0.5) is 0 Å². The molecule has 1 fully saturated rings. The molecule has 1 aromatic rings. The molecule has 0 aliphatic heterocycles. The Kier molecular flexibility index (Phi) is 3.79. The summed E-state index contributed by atoms with van der Waals surface area (Å²) in [5, 5.41) is 8.55. The number of hydrogen-bond acceptors (Lipinski definition) is 3. The summed E-state index contributed by atoms with van der Waals surface area (Å²) in [4.78, 5) is 10.8. The van der Waals surface area contributed by atoms with Crippen LogP contribution in [-0.2, 0) is 10.0 Å². The van der Waals surface area contributed by atoms with Gasteiger partial charge in [0.15, 0.2) is 0 Å². The molecule has 8 heteroatoms. The van der Waals surface area contributed by atoms with Crippen molar-refractivity contribution in [3.63, 3.8) is 0 Å². The van der Waals surface area contributed by atoms with Gasteiger partial charge in [0.05, 0.1) is 15.6 Å². The normalized spacial score (nSPS) is 20.7. The molecule has 5 nitrogen and oxygen atoms in total. The van der Waals surface area contributed by atoms with Crippen LogP contribution in [0.1, 0.15) is 30.6 Å². The first kappa shape index (κ1) is 15.6.